The molecule has 0 saturated heterocycles. The first-order valence-corrected chi connectivity index (χ1v) is 12.3. The minimum atomic E-state index is -0.676. The van der Waals surface area contributed by atoms with Crippen LogP contribution in [0.2, 0.25) is 0 Å². The molecular formula is C26H32Cl2O6. The summed E-state index contributed by atoms with van der Waals surface area (Å²) in [7, 11) is 0. The number of halogens is 2. The van der Waals surface area contributed by atoms with Crippen LogP contribution in [0.4, 0.5) is 0 Å². The van der Waals surface area contributed by atoms with Crippen LogP contribution >= 0.6 is 23.2 Å². The zero-order chi connectivity index (χ0) is 25.7. The molecule has 0 heterocycles. The molecule has 8 heteroatoms. The van der Waals surface area contributed by atoms with Gasteiger partial charge in [-0.3, -0.25) is 0 Å². The zero-order valence-electron chi connectivity index (χ0n) is 20.5. The molecule has 2 rings (SSSR count). The third kappa shape index (κ3) is 4.98. The van der Waals surface area contributed by atoms with Crippen molar-refractivity contribution in [2.24, 2.45) is 0 Å². The Morgan fingerprint density at radius 1 is 0.676 bits per heavy atom. The maximum atomic E-state index is 12.8. The van der Waals surface area contributed by atoms with Gasteiger partial charge in [-0.1, -0.05) is 0 Å². The van der Waals surface area contributed by atoms with E-state index in [4.69, 9.17) is 32.7 Å². The second kappa shape index (κ2) is 11.8. The van der Waals surface area contributed by atoms with Gasteiger partial charge in [0.05, 0.1) is 13.2 Å². The monoisotopic (exact) mass is 510 g/mol. The topological polar surface area (TPSA) is 93.1 Å². The smallest absolute Gasteiger partial charge is 0.342 e. The number of carbonyl (C=O) groups is 2. The van der Waals surface area contributed by atoms with E-state index in [9.17, 15) is 19.8 Å². The molecule has 2 N–H and O–H groups in total. The van der Waals surface area contributed by atoms with Crippen molar-refractivity contribution in [2.75, 3.05) is 25.0 Å². The number of esters is 2. The molecule has 2 aromatic rings. The van der Waals surface area contributed by atoms with Gasteiger partial charge < -0.3 is 19.7 Å². The molecule has 0 saturated carbocycles. The number of phenolic OH excluding ortho intramolecular Hbond substituents is 2. The zero-order valence-corrected chi connectivity index (χ0v) is 22.0. The highest BCUT2D eigenvalue weighted by Crippen LogP contribution is 2.48. The van der Waals surface area contributed by atoms with Crippen LogP contribution in [0.3, 0.4) is 0 Å². The second-order valence-electron chi connectivity index (χ2n) is 7.97. The summed E-state index contributed by atoms with van der Waals surface area (Å²) in [5.41, 5.74) is 4.49. The standard InChI is InChI=1S/C26H32Cl2O6/c1-7-33-25(31)21-15(5)17(9-11-27)13(3)19(23(21)29)20-14(4)18(10-12-28)16(6)22(24(20)30)26(32)34-8-2/h29-30H,7-12H2,1-6H3. The summed E-state index contributed by atoms with van der Waals surface area (Å²) in [4.78, 5) is 25.6. The Labute approximate surface area is 210 Å². The summed E-state index contributed by atoms with van der Waals surface area (Å²) in [6.07, 6.45) is 0.869. The molecule has 0 aliphatic heterocycles. The highest BCUT2D eigenvalue weighted by atomic mass is 35.5. The molecule has 0 radical (unpaired) electrons. The first-order chi connectivity index (χ1) is 16.1. The summed E-state index contributed by atoms with van der Waals surface area (Å²) in [5.74, 6) is -1.41. The second-order valence-corrected chi connectivity index (χ2v) is 8.73. The quantitative estimate of drug-likeness (QED) is 0.321. The lowest BCUT2D eigenvalue weighted by molar-refractivity contribution is 0.0511. The third-order valence-corrected chi connectivity index (χ3v) is 6.53. The highest BCUT2D eigenvalue weighted by molar-refractivity contribution is 6.18. The molecule has 6 nitrogen and oxygen atoms in total. The number of rotatable bonds is 9. The number of hydrogen-bond acceptors (Lipinski definition) is 6. The predicted molar refractivity (Wildman–Crippen MR) is 135 cm³/mol. The van der Waals surface area contributed by atoms with Crippen LogP contribution in [-0.4, -0.2) is 47.1 Å². The number of phenols is 2. The molecule has 186 valence electrons. The molecule has 2 aromatic carbocycles. The van der Waals surface area contributed by atoms with Crippen molar-refractivity contribution in [1.82, 2.24) is 0 Å². The Bertz CT molecular complexity index is 1020. The Balaban J connectivity index is 3.11. The number of benzene rings is 2. The lowest BCUT2D eigenvalue weighted by atomic mass is 9.82. The Hall–Kier alpha value is -2.44. The molecule has 0 fully saturated rings. The van der Waals surface area contributed by atoms with Crippen molar-refractivity contribution in [3.8, 4) is 22.6 Å². The SMILES string of the molecule is CCOC(=O)c1c(C)c(CCCl)c(C)c(-c2c(C)c(CCCl)c(C)c(C(=O)OCC)c2O)c1O. The van der Waals surface area contributed by atoms with Crippen molar-refractivity contribution in [3.63, 3.8) is 0 Å². The maximum absolute atomic E-state index is 12.8. The number of hydrogen-bond donors (Lipinski definition) is 2. The van der Waals surface area contributed by atoms with Crippen molar-refractivity contribution < 1.29 is 29.3 Å². The molecule has 0 unspecified atom stereocenters. The van der Waals surface area contributed by atoms with E-state index in [1.54, 1.807) is 41.5 Å². The maximum Gasteiger partial charge on any atom is 0.342 e. The number of carbonyl (C=O) groups excluding carboxylic acids is 2. The summed E-state index contributed by atoms with van der Waals surface area (Å²) in [6, 6.07) is 0. The first-order valence-electron chi connectivity index (χ1n) is 11.2. The van der Waals surface area contributed by atoms with Crippen LogP contribution in [-0.2, 0) is 22.3 Å². The van der Waals surface area contributed by atoms with E-state index in [1.807, 2.05) is 0 Å². The van der Waals surface area contributed by atoms with E-state index in [0.717, 1.165) is 11.1 Å². The van der Waals surface area contributed by atoms with Gasteiger partial charge in [0.2, 0.25) is 0 Å². The van der Waals surface area contributed by atoms with Gasteiger partial charge in [0.15, 0.2) is 0 Å². The predicted octanol–water partition coefficient (Wildman–Crippen LogP) is 5.91. The Kier molecular flexibility index (Phi) is 9.65. The van der Waals surface area contributed by atoms with Crippen molar-refractivity contribution in [2.45, 2.75) is 54.4 Å². The molecule has 0 aliphatic rings. The fourth-order valence-corrected chi connectivity index (χ4v) is 4.96. The average Bonchev–Trinajstić information content (AvgIpc) is 2.77. The first kappa shape index (κ1) is 27.8. The minimum absolute atomic E-state index is 0.0125. The molecular weight excluding hydrogens is 479 g/mol. The van der Waals surface area contributed by atoms with Crippen LogP contribution < -0.4 is 0 Å². The van der Waals surface area contributed by atoms with E-state index in [-0.39, 0.29) is 47.0 Å². The van der Waals surface area contributed by atoms with E-state index in [1.165, 1.54) is 0 Å². The third-order valence-electron chi connectivity index (χ3n) is 6.16. The average molecular weight is 511 g/mol. The molecule has 0 atom stereocenters. The number of ether oxygens (including phenoxy) is 2. The summed E-state index contributed by atoms with van der Waals surface area (Å²) < 4.78 is 10.4. The van der Waals surface area contributed by atoms with E-state index < -0.39 is 11.9 Å². The van der Waals surface area contributed by atoms with Crippen molar-refractivity contribution >= 4 is 35.1 Å². The van der Waals surface area contributed by atoms with Crippen LogP contribution in [0.5, 0.6) is 11.5 Å². The van der Waals surface area contributed by atoms with Crippen LogP contribution in [0.1, 0.15) is 67.9 Å². The fourth-order valence-electron chi connectivity index (χ4n) is 4.58. The van der Waals surface area contributed by atoms with Gasteiger partial charge in [-0.15, -0.1) is 23.2 Å². The molecule has 0 aromatic heterocycles. The van der Waals surface area contributed by atoms with Crippen LogP contribution in [0.25, 0.3) is 11.1 Å². The molecule has 0 amide bonds. The summed E-state index contributed by atoms with van der Waals surface area (Å²) in [5, 5.41) is 22.8. The van der Waals surface area contributed by atoms with Gasteiger partial charge in [-0.25, -0.2) is 9.59 Å². The van der Waals surface area contributed by atoms with E-state index in [0.29, 0.717) is 46.9 Å². The van der Waals surface area contributed by atoms with E-state index >= 15 is 0 Å². The molecule has 0 spiro atoms. The Morgan fingerprint density at radius 2 is 1.00 bits per heavy atom. The fraction of sp³-hybridized carbons (Fsp3) is 0.462. The Morgan fingerprint density at radius 3 is 1.26 bits per heavy atom. The normalized spacial score (nSPS) is 10.9. The number of aromatic hydroxyl groups is 2. The van der Waals surface area contributed by atoms with Gasteiger partial charge in [0, 0.05) is 22.9 Å². The lowest BCUT2D eigenvalue weighted by Gasteiger charge is -2.25. The van der Waals surface area contributed by atoms with Gasteiger partial charge in [0.1, 0.15) is 22.6 Å². The minimum Gasteiger partial charge on any atom is -0.506 e. The van der Waals surface area contributed by atoms with Gasteiger partial charge in [-0.2, -0.15) is 0 Å². The van der Waals surface area contributed by atoms with Crippen molar-refractivity contribution in [1.29, 1.82) is 0 Å². The van der Waals surface area contributed by atoms with E-state index in [2.05, 4.69) is 0 Å². The van der Waals surface area contributed by atoms with Gasteiger partial charge in [-0.05, 0) is 87.8 Å². The molecule has 0 bridgehead atoms. The van der Waals surface area contributed by atoms with Gasteiger partial charge >= 0.3 is 11.9 Å². The highest BCUT2D eigenvalue weighted by Gasteiger charge is 2.31. The lowest BCUT2D eigenvalue weighted by Crippen LogP contribution is -2.14. The summed E-state index contributed by atoms with van der Waals surface area (Å²) in [6.45, 7) is 10.7. The number of alkyl halides is 2. The molecule has 0 aliphatic carbocycles. The van der Waals surface area contributed by atoms with Crippen LogP contribution in [0.15, 0.2) is 0 Å². The van der Waals surface area contributed by atoms with Crippen molar-refractivity contribution in [3.05, 3.63) is 44.5 Å². The molecule has 34 heavy (non-hydrogen) atoms. The summed E-state index contributed by atoms with van der Waals surface area (Å²) >= 11 is 12.1. The van der Waals surface area contributed by atoms with Crippen LogP contribution in [0, 0.1) is 27.7 Å². The largest absolute Gasteiger partial charge is 0.506 e. The van der Waals surface area contributed by atoms with Gasteiger partial charge in [0.25, 0.3) is 0 Å².